The van der Waals surface area contributed by atoms with Crippen LogP contribution in [0.15, 0.2) is 0 Å². The van der Waals surface area contributed by atoms with Crippen molar-refractivity contribution in [1.29, 1.82) is 5.26 Å². The van der Waals surface area contributed by atoms with Gasteiger partial charge in [0.25, 0.3) is 0 Å². The highest BCUT2D eigenvalue weighted by Gasteiger charge is 2.20. The first kappa shape index (κ1) is 18.6. The van der Waals surface area contributed by atoms with Gasteiger partial charge in [0.2, 0.25) is 5.91 Å². The Morgan fingerprint density at radius 1 is 1.46 bits per heavy atom. The maximum Gasteiger partial charge on any atom is 0.226 e. The van der Waals surface area contributed by atoms with Gasteiger partial charge in [0.05, 0.1) is 30.4 Å². The monoisotopic (exact) mass is 371 g/mol. The first-order valence-corrected chi connectivity index (χ1v) is 9.97. The van der Waals surface area contributed by atoms with Gasteiger partial charge in [-0.2, -0.15) is 10.4 Å². The van der Waals surface area contributed by atoms with Crippen molar-refractivity contribution in [3.05, 3.63) is 27.5 Å². The number of carbonyl (C=O) groups excluding carboxylic acids is 1. The van der Waals surface area contributed by atoms with Crippen LogP contribution in [-0.2, 0) is 30.6 Å². The molecule has 0 saturated carbocycles. The van der Waals surface area contributed by atoms with Crippen LogP contribution in [0.2, 0.25) is 0 Å². The molecule has 6 nitrogen and oxygen atoms in total. The summed E-state index contributed by atoms with van der Waals surface area (Å²) in [6, 6.07) is 2.14. The molecule has 1 unspecified atom stereocenters. The van der Waals surface area contributed by atoms with Gasteiger partial charge in [-0.15, -0.1) is 11.3 Å². The fourth-order valence-electron chi connectivity index (χ4n) is 3.48. The summed E-state index contributed by atoms with van der Waals surface area (Å²) in [4.78, 5) is 18.3. The normalized spacial score (nSPS) is 16.2. The SMILES string of the molecule is Cc1nn(CCC#N)c(C)c1CCC(=O)Nc1nc2c(s1)CC(C)CC2. The van der Waals surface area contributed by atoms with Crippen LogP contribution in [0, 0.1) is 31.1 Å². The Balaban J connectivity index is 1.58. The number of aromatic nitrogens is 3. The number of thiazole rings is 1. The molecule has 7 heteroatoms. The van der Waals surface area contributed by atoms with Crippen LogP contribution in [0.1, 0.15) is 53.7 Å². The molecular weight excluding hydrogens is 346 g/mol. The van der Waals surface area contributed by atoms with Crippen molar-refractivity contribution in [3.8, 4) is 6.07 Å². The summed E-state index contributed by atoms with van der Waals surface area (Å²) in [5.41, 5.74) is 4.25. The zero-order chi connectivity index (χ0) is 18.7. The van der Waals surface area contributed by atoms with Gasteiger partial charge in [-0.1, -0.05) is 6.92 Å². The first-order chi connectivity index (χ1) is 12.5. The molecule has 2 aromatic rings. The average molecular weight is 372 g/mol. The Bertz CT molecular complexity index is 845. The van der Waals surface area contributed by atoms with Gasteiger partial charge in [-0.05, 0) is 51.0 Å². The molecule has 1 aliphatic rings. The lowest BCUT2D eigenvalue weighted by Gasteiger charge is -2.15. The lowest BCUT2D eigenvalue weighted by Crippen LogP contribution is -2.13. The molecule has 0 aliphatic heterocycles. The molecule has 1 atom stereocenters. The summed E-state index contributed by atoms with van der Waals surface area (Å²) in [5, 5.41) is 16.9. The lowest BCUT2D eigenvalue weighted by molar-refractivity contribution is -0.116. The number of anilines is 1. The van der Waals surface area contributed by atoms with E-state index in [1.54, 1.807) is 11.3 Å². The van der Waals surface area contributed by atoms with Gasteiger partial charge in [0.15, 0.2) is 5.13 Å². The fourth-order valence-corrected chi connectivity index (χ4v) is 4.67. The molecule has 3 rings (SSSR count). The number of fused-ring (bicyclic) bond motifs is 1. The summed E-state index contributed by atoms with van der Waals surface area (Å²) < 4.78 is 1.86. The molecule has 0 radical (unpaired) electrons. The molecule has 1 aliphatic carbocycles. The standard InChI is InChI=1S/C19H25N5OS/c1-12-5-7-16-17(11-12)26-19(21-16)22-18(25)8-6-15-13(2)23-24(14(15)3)10-4-9-20/h12H,4-8,10-11H2,1-3H3,(H,21,22,25). The number of aryl methyl sites for hydroxylation is 3. The zero-order valence-corrected chi connectivity index (χ0v) is 16.4. The van der Waals surface area contributed by atoms with Crippen molar-refractivity contribution in [2.75, 3.05) is 5.32 Å². The van der Waals surface area contributed by atoms with Gasteiger partial charge in [-0.25, -0.2) is 4.98 Å². The third-order valence-corrected chi connectivity index (χ3v) is 6.04. The van der Waals surface area contributed by atoms with E-state index in [-0.39, 0.29) is 5.91 Å². The Hall–Kier alpha value is -2.20. The molecule has 0 bridgehead atoms. The Morgan fingerprint density at radius 3 is 3.04 bits per heavy atom. The van der Waals surface area contributed by atoms with Crippen molar-refractivity contribution >= 4 is 22.4 Å². The van der Waals surface area contributed by atoms with Crippen molar-refractivity contribution in [2.45, 2.75) is 65.8 Å². The van der Waals surface area contributed by atoms with E-state index in [1.807, 2.05) is 18.5 Å². The van der Waals surface area contributed by atoms with E-state index < -0.39 is 0 Å². The fraction of sp³-hybridized carbons (Fsp3) is 0.579. The molecule has 2 aromatic heterocycles. The van der Waals surface area contributed by atoms with Gasteiger partial charge in [-0.3, -0.25) is 9.48 Å². The topological polar surface area (TPSA) is 83.6 Å². The summed E-state index contributed by atoms with van der Waals surface area (Å²) in [6.07, 6.45) is 4.77. The van der Waals surface area contributed by atoms with E-state index in [0.717, 1.165) is 40.6 Å². The molecule has 0 saturated heterocycles. The van der Waals surface area contributed by atoms with Gasteiger partial charge in [0, 0.05) is 17.0 Å². The second-order valence-electron chi connectivity index (χ2n) is 7.07. The van der Waals surface area contributed by atoms with Crippen LogP contribution >= 0.6 is 11.3 Å². The van der Waals surface area contributed by atoms with E-state index >= 15 is 0 Å². The van der Waals surface area contributed by atoms with E-state index in [0.29, 0.717) is 31.7 Å². The molecule has 0 fully saturated rings. The van der Waals surface area contributed by atoms with Crippen LogP contribution in [0.5, 0.6) is 0 Å². The lowest BCUT2D eigenvalue weighted by atomic mass is 9.93. The van der Waals surface area contributed by atoms with Crippen LogP contribution < -0.4 is 5.32 Å². The van der Waals surface area contributed by atoms with E-state index in [9.17, 15) is 4.79 Å². The predicted molar refractivity (Wildman–Crippen MR) is 102 cm³/mol. The molecule has 1 amide bonds. The summed E-state index contributed by atoms with van der Waals surface area (Å²) in [6.45, 7) is 6.82. The molecule has 0 aromatic carbocycles. The Labute approximate surface area is 158 Å². The van der Waals surface area contributed by atoms with Crippen LogP contribution in [0.4, 0.5) is 5.13 Å². The second kappa shape index (κ2) is 8.00. The number of carbonyl (C=O) groups is 1. The van der Waals surface area contributed by atoms with Crippen LogP contribution in [0.3, 0.4) is 0 Å². The molecule has 2 heterocycles. The van der Waals surface area contributed by atoms with Gasteiger partial charge < -0.3 is 5.32 Å². The van der Waals surface area contributed by atoms with Gasteiger partial charge in [0.1, 0.15) is 0 Å². The number of nitrogens with zero attached hydrogens (tertiary/aromatic N) is 4. The van der Waals surface area contributed by atoms with Gasteiger partial charge >= 0.3 is 0 Å². The molecule has 26 heavy (non-hydrogen) atoms. The highest BCUT2D eigenvalue weighted by atomic mass is 32.1. The third-order valence-electron chi connectivity index (χ3n) is 5.00. The number of hydrogen-bond acceptors (Lipinski definition) is 5. The summed E-state index contributed by atoms with van der Waals surface area (Å²) in [5.74, 6) is 0.697. The van der Waals surface area contributed by atoms with Crippen molar-refractivity contribution in [3.63, 3.8) is 0 Å². The quantitative estimate of drug-likeness (QED) is 0.841. The minimum atomic E-state index is -0.00674. The average Bonchev–Trinajstić information content (AvgIpc) is 3.11. The third kappa shape index (κ3) is 4.13. The van der Waals surface area contributed by atoms with E-state index in [4.69, 9.17) is 5.26 Å². The number of amides is 1. The second-order valence-corrected chi connectivity index (χ2v) is 8.15. The summed E-state index contributed by atoms with van der Waals surface area (Å²) >= 11 is 1.62. The highest BCUT2D eigenvalue weighted by molar-refractivity contribution is 7.15. The minimum Gasteiger partial charge on any atom is -0.302 e. The summed E-state index contributed by atoms with van der Waals surface area (Å²) in [7, 11) is 0. The van der Waals surface area contributed by atoms with Crippen LogP contribution in [-0.4, -0.2) is 20.7 Å². The van der Waals surface area contributed by atoms with Crippen molar-refractivity contribution in [2.24, 2.45) is 5.92 Å². The number of hydrogen-bond donors (Lipinski definition) is 1. The maximum atomic E-state index is 12.3. The maximum absolute atomic E-state index is 12.3. The first-order valence-electron chi connectivity index (χ1n) is 9.16. The molecule has 138 valence electrons. The Kier molecular flexibility index (Phi) is 5.72. The minimum absolute atomic E-state index is 0.00674. The smallest absolute Gasteiger partial charge is 0.226 e. The highest BCUT2D eigenvalue weighted by Crippen LogP contribution is 2.32. The zero-order valence-electron chi connectivity index (χ0n) is 15.6. The molecule has 0 spiro atoms. The molecular formula is C19H25N5OS. The number of nitriles is 1. The molecule has 1 N–H and O–H groups in total. The largest absolute Gasteiger partial charge is 0.302 e. The van der Waals surface area contributed by atoms with Crippen molar-refractivity contribution in [1.82, 2.24) is 14.8 Å². The predicted octanol–water partition coefficient (Wildman–Crippen LogP) is 3.57. The number of rotatable bonds is 6. The van der Waals surface area contributed by atoms with E-state index in [1.165, 1.54) is 11.3 Å². The van der Waals surface area contributed by atoms with Crippen molar-refractivity contribution < 1.29 is 4.79 Å². The van der Waals surface area contributed by atoms with Crippen LogP contribution in [0.25, 0.3) is 0 Å². The Morgan fingerprint density at radius 2 is 2.27 bits per heavy atom. The number of nitrogens with one attached hydrogen (secondary N) is 1. The van der Waals surface area contributed by atoms with E-state index in [2.05, 4.69) is 28.4 Å².